The lowest BCUT2D eigenvalue weighted by molar-refractivity contribution is -0.125. The number of amides is 2. The number of benzene rings is 2. The Bertz CT molecular complexity index is 1060. The molecule has 0 spiro atoms. The van der Waals surface area contributed by atoms with Crippen LogP contribution in [0.1, 0.15) is 70.8 Å². The minimum atomic E-state index is 0.0605. The van der Waals surface area contributed by atoms with Crippen LogP contribution in [0, 0.1) is 38.5 Å². The molecule has 2 aromatic rings. The van der Waals surface area contributed by atoms with Gasteiger partial charge >= 0.3 is 0 Å². The van der Waals surface area contributed by atoms with E-state index in [1.165, 1.54) is 24.0 Å². The van der Waals surface area contributed by atoms with Gasteiger partial charge in [0.2, 0.25) is 5.91 Å². The van der Waals surface area contributed by atoms with Crippen LogP contribution in [0.3, 0.4) is 0 Å². The summed E-state index contributed by atoms with van der Waals surface area (Å²) < 4.78 is 0. The molecule has 5 heteroatoms. The smallest absolute Gasteiger partial charge is 0.254 e. The third-order valence-electron chi connectivity index (χ3n) is 8.72. The van der Waals surface area contributed by atoms with Gasteiger partial charge in [-0.05, 0) is 68.6 Å². The van der Waals surface area contributed by atoms with Crippen LogP contribution in [0.15, 0.2) is 42.5 Å². The minimum absolute atomic E-state index is 0.0605. The van der Waals surface area contributed by atoms with Gasteiger partial charge in [-0.3, -0.25) is 9.59 Å². The van der Waals surface area contributed by atoms with Crippen molar-refractivity contribution in [3.63, 3.8) is 0 Å². The number of fused-ring (bicyclic) bond motifs is 1. The van der Waals surface area contributed by atoms with Crippen molar-refractivity contribution in [1.82, 2.24) is 15.1 Å². The number of nitrogens with zero attached hydrogens (tertiary/aromatic N) is 2. The summed E-state index contributed by atoms with van der Waals surface area (Å²) in [5.74, 6) is 1.71. The fourth-order valence-electron chi connectivity index (χ4n) is 6.91. The van der Waals surface area contributed by atoms with Crippen molar-refractivity contribution in [2.24, 2.45) is 17.8 Å². The monoisotopic (exact) mass is 487 g/mol. The fraction of sp³-hybridized carbons (Fsp3) is 0.548. The summed E-state index contributed by atoms with van der Waals surface area (Å²) in [6.07, 6.45) is 5.33. The number of hydrogen-bond acceptors (Lipinski definition) is 3. The summed E-state index contributed by atoms with van der Waals surface area (Å²) in [7, 11) is 0. The summed E-state index contributed by atoms with van der Waals surface area (Å²) in [5, 5.41) is 3.39. The minimum Gasteiger partial charge on any atom is -0.349 e. The normalized spacial score (nSPS) is 23.1. The van der Waals surface area contributed by atoms with Gasteiger partial charge < -0.3 is 15.1 Å². The number of rotatable bonds is 7. The average Bonchev–Trinajstić information content (AvgIpc) is 3.58. The maximum atomic E-state index is 13.4. The largest absolute Gasteiger partial charge is 0.349 e. The summed E-state index contributed by atoms with van der Waals surface area (Å²) in [4.78, 5) is 30.9. The second kappa shape index (κ2) is 10.8. The zero-order valence-corrected chi connectivity index (χ0v) is 22.1. The number of hydrogen-bond donors (Lipinski definition) is 1. The Labute approximate surface area is 216 Å². The van der Waals surface area contributed by atoms with Crippen LogP contribution in [0.25, 0.3) is 0 Å². The number of carbonyl (C=O) groups is 2. The van der Waals surface area contributed by atoms with Gasteiger partial charge in [0, 0.05) is 44.2 Å². The van der Waals surface area contributed by atoms with Gasteiger partial charge in [-0.25, -0.2) is 0 Å². The third kappa shape index (κ3) is 5.36. The molecule has 36 heavy (non-hydrogen) atoms. The first-order valence-electron chi connectivity index (χ1n) is 13.8. The highest BCUT2D eigenvalue weighted by molar-refractivity contribution is 5.97. The molecule has 5 rings (SSSR count). The summed E-state index contributed by atoms with van der Waals surface area (Å²) >= 11 is 0. The zero-order chi connectivity index (χ0) is 25.2. The fourth-order valence-corrected chi connectivity index (χ4v) is 6.91. The number of nitrogens with one attached hydrogen (secondary N) is 1. The van der Waals surface area contributed by atoms with Crippen molar-refractivity contribution >= 4 is 11.8 Å². The number of carbonyl (C=O) groups excluding carboxylic acids is 2. The van der Waals surface area contributed by atoms with Crippen molar-refractivity contribution in [2.75, 3.05) is 32.7 Å². The Morgan fingerprint density at radius 1 is 0.917 bits per heavy atom. The lowest BCUT2D eigenvalue weighted by atomic mass is 9.99. The van der Waals surface area contributed by atoms with Gasteiger partial charge in [0.25, 0.3) is 5.91 Å². The first-order valence-corrected chi connectivity index (χ1v) is 13.8. The van der Waals surface area contributed by atoms with E-state index in [-0.39, 0.29) is 23.8 Å². The zero-order valence-electron chi connectivity index (χ0n) is 22.1. The molecule has 2 unspecified atom stereocenters. The van der Waals surface area contributed by atoms with Crippen molar-refractivity contribution in [1.29, 1.82) is 0 Å². The third-order valence-corrected chi connectivity index (χ3v) is 8.72. The van der Waals surface area contributed by atoms with E-state index in [2.05, 4.69) is 72.3 Å². The maximum absolute atomic E-state index is 13.4. The van der Waals surface area contributed by atoms with Gasteiger partial charge in [-0.2, -0.15) is 0 Å². The summed E-state index contributed by atoms with van der Waals surface area (Å²) in [6, 6.07) is 14.7. The number of likely N-dealkylation sites (tertiary alicyclic amines) is 2. The lowest BCUT2D eigenvalue weighted by Gasteiger charge is -2.26. The van der Waals surface area contributed by atoms with Crippen molar-refractivity contribution < 1.29 is 9.59 Å². The Hall–Kier alpha value is -2.66. The van der Waals surface area contributed by atoms with Gasteiger partial charge in [-0.15, -0.1) is 0 Å². The van der Waals surface area contributed by atoms with Crippen molar-refractivity contribution in [3.8, 4) is 0 Å². The molecule has 5 nitrogen and oxygen atoms in total. The molecular weight excluding hydrogens is 446 g/mol. The topological polar surface area (TPSA) is 52.7 Å². The van der Waals surface area contributed by atoms with Gasteiger partial charge in [-0.1, -0.05) is 60.9 Å². The molecule has 3 fully saturated rings. The maximum Gasteiger partial charge on any atom is 0.254 e. The van der Waals surface area contributed by atoms with E-state index in [1.807, 2.05) is 6.07 Å². The van der Waals surface area contributed by atoms with Gasteiger partial charge in [0.05, 0.1) is 6.04 Å². The van der Waals surface area contributed by atoms with Crippen LogP contribution < -0.4 is 5.32 Å². The second-order valence-electron chi connectivity index (χ2n) is 11.5. The molecule has 2 amide bonds. The van der Waals surface area contributed by atoms with Crippen molar-refractivity contribution in [3.05, 3.63) is 70.3 Å². The van der Waals surface area contributed by atoms with E-state index in [0.29, 0.717) is 11.8 Å². The van der Waals surface area contributed by atoms with Crippen molar-refractivity contribution in [2.45, 2.75) is 58.9 Å². The van der Waals surface area contributed by atoms with Crippen LogP contribution in [0.4, 0.5) is 0 Å². The molecule has 0 aromatic heterocycles. The van der Waals surface area contributed by atoms with Crippen LogP contribution in [0.5, 0.6) is 0 Å². The Balaban J connectivity index is 1.17. The Kier molecular flexibility index (Phi) is 7.47. The summed E-state index contributed by atoms with van der Waals surface area (Å²) in [5.41, 5.74) is 5.47. The van der Waals surface area contributed by atoms with Crippen LogP contribution in [-0.4, -0.2) is 54.3 Å². The second-order valence-corrected chi connectivity index (χ2v) is 11.5. The first-order chi connectivity index (χ1) is 17.4. The highest BCUT2D eigenvalue weighted by atomic mass is 16.2. The summed E-state index contributed by atoms with van der Waals surface area (Å²) in [6.45, 7) is 11.0. The highest BCUT2D eigenvalue weighted by Crippen LogP contribution is 2.34. The number of aryl methyl sites for hydroxylation is 3. The molecule has 2 saturated heterocycles. The van der Waals surface area contributed by atoms with Gasteiger partial charge in [0.15, 0.2) is 0 Å². The molecule has 1 aliphatic carbocycles. The van der Waals surface area contributed by atoms with E-state index in [4.69, 9.17) is 0 Å². The van der Waals surface area contributed by atoms with E-state index in [9.17, 15) is 9.59 Å². The van der Waals surface area contributed by atoms with E-state index in [0.717, 1.165) is 68.7 Å². The molecule has 0 bridgehead atoms. The Morgan fingerprint density at radius 3 is 2.14 bits per heavy atom. The van der Waals surface area contributed by atoms with E-state index < -0.39 is 0 Å². The van der Waals surface area contributed by atoms with Crippen LogP contribution in [0.2, 0.25) is 0 Å². The highest BCUT2D eigenvalue weighted by Gasteiger charge is 2.42. The molecule has 1 N–H and O–H groups in total. The predicted molar refractivity (Wildman–Crippen MR) is 144 cm³/mol. The SMILES string of the molecule is Cc1cc(C)c(C(=O)N2CC3CN(CC[C@H](NC(=O)C4CCCC4)c4ccccc4)CC3C2)c(C)c1. The Morgan fingerprint density at radius 2 is 1.53 bits per heavy atom. The predicted octanol–water partition coefficient (Wildman–Crippen LogP) is 5.05. The van der Waals surface area contributed by atoms with E-state index in [1.54, 1.807) is 0 Å². The van der Waals surface area contributed by atoms with Crippen LogP contribution in [-0.2, 0) is 4.79 Å². The standard InChI is InChI=1S/C31H41N3O2/c1-21-15-22(2)29(23(3)16-21)31(36)34-19-26-17-33(18-27(26)20-34)14-13-28(24-9-5-4-6-10-24)32-30(35)25-11-7-8-12-25/h4-6,9-10,15-16,25-28H,7-8,11-14,17-20H2,1-3H3,(H,32,35)/t26?,27?,28-/m0/s1. The van der Waals surface area contributed by atoms with Crippen LogP contribution >= 0.6 is 0 Å². The molecule has 3 atom stereocenters. The molecule has 0 radical (unpaired) electrons. The average molecular weight is 488 g/mol. The molecule has 1 saturated carbocycles. The first kappa shape index (κ1) is 25.0. The molecule has 2 heterocycles. The molecule has 2 aromatic carbocycles. The quantitative estimate of drug-likeness (QED) is 0.594. The molecular formula is C31H41N3O2. The van der Waals surface area contributed by atoms with E-state index >= 15 is 0 Å². The lowest BCUT2D eigenvalue weighted by Crippen LogP contribution is -2.37. The molecule has 3 aliphatic rings. The molecule has 192 valence electrons. The van der Waals surface area contributed by atoms with Gasteiger partial charge in [0.1, 0.15) is 0 Å². The molecule has 2 aliphatic heterocycles.